The van der Waals surface area contributed by atoms with Crippen molar-refractivity contribution in [3.05, 3.63) is 46.5 Å². The number of methoxy groups -OCH3 is 1. The van der Waals surface area contributed by atoms with E-state index in [1.54, 1.807) is 44.4 Å². The van der Waals surface area contributed by atoms with E-state index in [1.165, 1.54) is 7.05 Å². The van der Waals surface area contributed by atoms with Crippen LogP contribution in [0.3, 0.4) is 0 Å². The Balaban J connectivity index is 2.52. The van der Waals surface area contributed by atoms with E-state index in [2.05, 4.69) is 0 Å². The van der Waals surface area contributed by atoms with Gasteiger partial charge in [-0.15, -0.1) is 0 Å². The van der Waals surface area contributed by atoms with Crippen LogP contribution in [0.1, 0.15) is 12.5 Å². The van der Waals surface area contributed by atoms with Gasteiger partial charge in [0.2, 0.25) is 0 Å². The fourth-order valence-electron chi connectivity index (χ4n) is 2.06. The van der Waals surface area contributed by atoms with Gasteiger partial charge in [-0.1, -0.05) is 12.1 Å². The molecule has 0 atom stereocenters. The van der Waals surface area contributed by atoms with Gasteiger partial charge < -0.3 is 4.74 Å². The van der Waals surface area contributed by atoms with E-state index in [0.717, 1.165) is 10.5 Å². The molecule has 2 amide bonds. The molecule has 1 heterocycles. The summed E-state index contributed by atoms with van der Waals surface area (Å²) in [5.74, 6) is -0.261. The van der Waals surface area contributed by atoms with Gasteiger partial charge in [-0.05, 0) is 36.3 Å². The third-order valence-corrected chi connectivity index (χ3v) is 3.37. The van der Waals surface area contributed by atoms with Crippen molar-refractivity contribution in [2.45, 2.75) is 6.92 Å². The molecule has 0 radical (unpaired) electrons. The van der Waals surface area contributed by atoms with Crippen LogP contribution in [0.2, 0.25) is 0 Å². The summed E-state index contributed by atoms with van der Waals surface area (Å²) in [5.41, 5.74) is 1.54. The molecule has 1 aromatic carbocycles. The Labute approximate surface area is 122 Å². The average Bonchev–Trinajstić information content (AvgIpc) is 2.51. The molecular formula is C16H14N2O3. The average molecular weight is 282 g/mol. The number of imide groups is 1. The Morgan fingerprint density at radius 2 is 1.81 bits per heavy atom. The molecule has 1 aliphatic rings. The summed E-state index contributed by atoms with van der Waals surface area (Å²) >= 11 is 0. The van der Waals surface area contributed by atoms with E-state index < -0.39 is 11.8 Å². The fourth-order valence-corrected chi connectivity index (χ4v) is 2.06. The molecule has 0 spiro atoms. The summed E-state index contributed by atoms with van der Waals surface area (Å²) < 4.78 is 5.07. The van der Waals surface area contributed by atoms with Gasteiger partial charge in [-0.3, -0.25) is 14.5 Å². The SMILES string of the molecule is COc1ccc(/C=C2/C(=O)N(C)C(=O)C(C#N)=C2C)cc1. The predicted molar refractivity (Wildman–Crippen MR) is 77.1 cm³/mol. The second kappa shape index (κ2) is 5.63. The van der Waals surface area contributed by atoms with Gasteiger partial charge >= 0.3 is 0 Å². The lowest BCUT2D eigenvalue weighted by molar-refractivity contribution is -0.138. The lowest BCUT2D eigenvalue weighted by atomic mass is 9.94. The third kappa shape index (κ3) is 2.56. The number of carbonyl (C=O) groups excluding carboxylic acids is 2. The molecule has 0 unspecified atom stereocenters. The quantitative estimate of drug-likeness (QED) is 0.613. The van der Waals surface area contributed by atoms with E-state index in [0.29, 0.717) is 16.9 Å². The minimum atomic E-state index is -0.563. The molecule has 5 heteroatoms. The maximum absolute atomic E-state index is 12.2. The van der Waals surface area contributed by atoms with Crippen molar-refractivity contribution in [3.8, 4) is 11.8 Å². The van der Waals surface area contributed by atoms with Gasteiger partial charge in [0.15, 0.2) is 0 Å². The van der Waals surface area contributed by atoms with E-state index in [1.807, 2.05) is 6.07 Å². The summed E-state index contributed by atoms with van der Waals surface area (Å²) in [6, 6.07) is 9.02. The summed E-state index contributed by atoms with van der Waals surface area (Å²) in [5, 5.41) is 9.08. The first-order valence-corrected chi connectivity index (χ1v) is 6.29. The molecule has 0 aliphatic carbocycles. The minimum Gasteiger partial charge on any atom is -0.497 e. The van der Waals surface area contributed by atoms with Crippen molar-refractivity contribution in [2.75, 3.05) is 14.2 Å². The molecule has 106 valence electrons. The first-order valence-electron chi connectivity index (χ1n) is 6.29. The smallest absolute Gasteiger partial charge is 0.271 e. The van der Waals surface area contributed by atoms with Crippen LogP contribution in [0.15, 0.2) is 41.0 Å². The van der Waals surface area contributed by atoms with Crippen LogP contribution in [0.4, 0.5) is 0 Å². The Hall–Kier alpha value is -2.87. The maximum Gasteiger partial charge on any atom is 0.271 e. The second-order valence-corrected chi connectivity index (χ2v) is 4.61. The number of carbonyl (C=O) groups is 2. The third-order valence-electron chi connectivity index (χ3n) is 3.37. The molecule has 0 aromatic heterocycles. The molecule has 0 bridgehead atoms. The lowest BCUT2D eigenvalue weighted by Crippen LogP contribution is -2.39. The molecule has 2 rings (SSSR count). The normalized spacial score (nSPS) is 17.2. The van der Waals surface area contributed by atoms with Gasteiger partial charge in [0.05, 0.1) is 7.11 Å². The fraction of sp³-hybridized carbons (Fsp3) is 0.188. The van der Waals surface area contributed by atoms with Gasteiger partial charge in [-0.25, -0.2) is 0 Å². The van der Waals surface area contributed by atoms with Crippen molar-refractivity contribution in [1.82, 2.24) is 4.90 Å². The Morgan fingerprint density at radius 1 is 1.19 bits per heavy atom. The Morgan fingerprint density at radius 3 is 2.33 bits per heavy atom. The zero-order chi connectivity index (χ0) is 15.6. The highest BCUT2D eigenvalue weighted by Crippen LogP contribution is 2.26. The summed E-state index contributed by atoms with van der Waals surface area (Å²) in [4.78, 5) is 25.0. The van der Waals surface area contributed by atoms with Crippen LogP contribution < -0.4 is 4.74 Å². The Bertz CT molecular complexity index is 706. The molecule has 0 fully saturated rings. The number of amides is 2. The zero-order valence-corrected chi connectivity index (χ0v) is 12.0. The van der Waals surface area contributed by atoms with E-state index in [-0.39, 0.29) is 5.57 Å². The molecule has 21 heavy (non-hydrogen) atoms. The van der Waals surface area contributed by atoms with Crippen LogP contribution in [0, 0.1) is 11.3 Å². The van der Waals surface area contributed by atoms with Crippen LogP contribution in [-0.4, -0.2) is 30.9 Å². The molecular weight excluding hydrogens is 268 g/mol. The number of hydrogen-bond donors (Lipinski definition) is 0. The predicted octanol–water partition coefficient (Wildman–Crippen LogP) is 1.92. The molecule has 0 saturated carbocycles. The van der Waals surface area contributed by atoms with Crippen molar-refractivity contribution < 1.29 is 14.3 Å². The van der Waals surface area contributed by atoms with Gasteiger partial charge in [0, 0.05) is 12.6 Å². The van der Waals surface area contributed by atoms with E-state index >= 15 is 0 Å². The lowest BCUT2D eigenvalue weighted by Gasteiger charge is -2.23. The van der Waals surface area contributed by atoms with E-state index in [9.17, 15) is 9.59 Å². The maximum atomic E-state index is 12.2. The molecule has 1 aliphatic heterocycles. The van der Waals surface area contributed by atoms with Gasteiger partial charge in [0.1, 0.15) is 17.4 Å². The second-order valence-electron chi connectivity index (χ2n) is 4.61. The monoisotopic (exact) mass is 282 g/mol. The van der Waals surface area contributed by atoms with Crippen LogP contribution in [0.5, 0.6) is 5.75 Å². The number of nitrogens with zero attached hydrogens (tertiary/aromatic N) is 2. The zero-order valence-electron chi connectivity index (χ0n) is 12.0. The Kier molecular flexibility index (Phi) is 3.90. The van der Waals surface area contributed by atoms with Gasteiger partial charge in [0.25, 0.3) is 11.8 Å². The van der Waals surface area contributed by atoms with E-state index in [4.69, 9.17) is 10.00 Å². The van der Waals surface area contributed by atoms with Crippen molar-refractivity contribution in [1.29, 1.82) is 5.26 Å². The van der Waals surface area contributed by atoms with Gasteiger partial charge in [-0.2, -0.15) is 5.26 Å². The summed E-state index contributed by atoms with van der Waals surface area (Å²) in [7, 11) is 2.95. The highest BCUT2D eigenvalue weighted by Gasteiger charge is 2.32. The number of likely N-dealkylation sites (N-methyl/N-ethyl adjacent to an activating group) is 1. The molecule has 1 aromatic rings. The summed E-state index contributed by atoms with van der Waals surface area (Å²) in [6.45, 7) is 1.61. The highest BCUT2D eigenvalue weighted by atomic mass is 16.5. The number of benzene rings is 1. The van der Waals surface area contributed by atoms with Crippen LogP contribution in [0.25, 0.3) is 6.08 Å². The summed E-state index contributed by atoms with van der Waals surface area (Å²) in [6.07, 6.45) is 1.66. The first kappa shape index (κ1) is 14.5. The number of ether oxygens (including phenoxy) is 1. The number of nitriles is 1. The number of rotatable bonds is 2. The van der Waals surface area contributed by atoms with Crippen molar-refractivity contribution >= 4 is 17.9 Å². The number of hydrogen-bond acceptors (Lipinski definition) is 4. The van der Waals surface area contributed by atoms with Crippen molar-refractivity contribution in [2.24, 2.45) is 0 Å². The first-order chi connectivity index (χ1) is 9.99. The standard InChI is InChI=1S/C16H14N2O3/c1-10-13(8-11-4-6-12(21-3)7-5-11)15(19)18(2)16(20)14(10)9-17/h4-8H,1-3H3/b13-8+. The molecule has 5 nitrogen and oxygen atoms in total. The largest absolute Gasteiger partial charge is 0.497 e. The molecule has 0 saturated heterocycles. The highest BCUT2D eigenvalue weighted by molar-refractivity contribution is 6.19. The minimum absolute atomic E-state index is 0.00291. The van der Waals surface area contributed by atoms with Crippen LogP contribution in [-0.2, 0) is 9.59 Å². The topological polar surface area (TPSA) is 70.4 Å². The molecule has 0 N–H and O–H groups in total. The van der Waals surface area contributed by atoms with Crippen LogP contribution >= 0.6 is 0 Å². The van der Waals surface area contributed by atoms with Crippen molar-refractivity contribution in [3.63, 3.8) is 0 Å².